The first-order valence-corrected chi connectivity index (χ1v) is 8.07. The lowest BCUT2D eigenvalue weighted by Gasteiger charge is -2.29. The average Bonchev–Trinajstić information content (AvgIpc) is 2.86. The normalized spacial score (nSPS) is 22.2. The van der Waals surface area contributed by atoms with Crippen molar-refractivity contribution in [1.29, 1.82) is 0 Å². The van der Waals surface area contributed by atoms with E-state index in [2.05, 4.69) is 17.3 Å². The zero-order valence-electron chi connectivity index (χ0n) is 13.4. The summed E-state index contributed by atoms with van der Waals surface area (Å²) in [5, 5.41) is 7.79. The fourth-order valence-electron chi connectivity index (χ4n) is 3.14. The topological polar surface area (TPSA) is 56.1 Å². The van der Waals surface area contributed by atoms with Crippen LogP contribution in [0.3, 0.4) is 0 Å². The lowest BCUT2D eigenvalue weighted by Crippen LogP contribution is -2.34. The number of nitrogens with one attached hydrogen (secondary N) is 1. The highest BCUT2D eigenvalue weighted by Crippen LogP contribution is 2.26. The van der Waals surface area contributed by atoms with E-state index in [4.69, 9.17) is 4.74 Å². The molecule has 2 rings (SSSR count). The maximum absolute atomic E-state index is 11.9. The third-order valence-electron chi connectivity index (χ3n) is 4.48. The molecule has 0 amide bonds. The van der Waals surface area contributed by atoms with Gasteiger partial charge in [-0.05, 0) is 25.7 Å². The highest BCUT2D eigenvalue weighted by atomic mass is 16.5. The number of aromatic nitrogens is 2. The van der Waals surface area contributed by atoms with Crippen molar-refractivity contribution >= 4 is 5.97 Å². The van der Waals surface area contributed by atoms with E-state index in [9.17, 15) is 4.79 Å². The lowest BCUT2D eigenvalue weighted by molar-refractivity contribution is 0.0524. The molecule has 0 aromatic carbocycles. The summed E-state index contributed by atoms with van der Waals surface area (Å²) in [5.41, 5.74) is 1.49. The number of rotatable bonds is 6. The van der Waals surface area contributed by atoms with Crippen LogP contribution in [0.2, 0.25) is 0 Å². The Bertz CT molecular complexity index is 470. The second-order valence-electron chi connectivity index (χ2n) is 5.87. The van der Waals surface area contributed by atoms with Crippen molar-refractivity contribution in [2.75, 3.05) is 6.61 Å². The molecule has 2 unspecified atom stereocenters. The Labute approximate surface area is 127 Å². The zero-order valence-corrected chi connectivity index (χ0v) is 13.4. The summed E-state index contributed by atoms with van der Waals surface area (Å²) < 4.78 is 6.85. The molecule has 0 aliphatic heterocycles. The van der Waals surface area contributed by atoms with E-state index in [0.29, 0.717) is 24.8 Å². The third kappa shape index (κ3) is 4.06. The summed E-state index contributed by atoms with van der Waals surface area (Å²) in [4.78, 5) is 11.9. The molecule has 1 saturated carbocycles. The fraction of sp³-hybridized carbons (Fsp3) is 0.750. The molecule has 0 bridgehead atoms. The predicted molar refractivity (Wildman–Crippen MR) is 82.0 cm³/mol. The van der Waals surface area contributed by atoms with Gasteiger partial charge in [-0.3, -0.25) is 4.68 Å². The number of hydrogen-bond donors (Lipinski definition) is 1. The van der Waals surface area contributed by atoms with Crippen LogP contribution in [-0.2, 0) is 18.3 Å². The van der Waals surface area contributed by atoms with E-state index in [-0.39, 0.29) is 5.97 Å². The number of carbonyl (C=O) groups is 1. The van der Waals surface area contributed by atoms with Crippen LogP contribution in [0.5, 0.6) is 0 Å². The third-order valence-corrected chi connectivity index (χ3v) is 4.48. The van der Waals surface area contributed by atoms with Gasteiger partial charge in [0.1, 0.15) is 5.56 Å². The second-order valence-corrected chi connectivity index (χ2v) is 5.87. The average molecular weight is 293 g/mol. The monoisotopic (exact) mass is 293 g/mol. The largest absolute Gasteiger partial charge is 0.462 e. The standard InChI is InChI=1S/C16H27N3O2/c1-4-12-7-6-8-13(9-12)17-11-15-14(10-18-19(15)3)16(20)21-5-2/h10,12-13,17H,4-9,11H2,1-3H3. The van der Waals surface area contributed by atoms with Crippen molar-refractivity contribution in [3.8, 4) is 0 Å². The Hall–Kier alpha value is -1.36. The van der Waals surface area contributed by atoms with Crippen LogP contribution in [0.1, 0.15) is 62.0 Å². The van der Waals surface area contributed by atoms with E-state index < -0.39 is 0 Å². The van der Waals surface area contributed by atoms with Gasteiger partial charge in [-0.25, -0.2) is 4.79 Å². The molecule has 1 N–H and O–H groups in total. The second kappa shape index (κ2) is 7.59. The van der Waals surface area contributed by atoms with Crippen molar-refractivity contribution < 1.29 is 9.53 Å². The SMILES string of the molecule is CCOC(=O)c1cnn(C)c1CNC1CCCC(CC)C1. The molecule has 0 spiro atoms. The van der Waals surface area contributed by atoms with Crippen LogP contribution in [0.15, 0.2) is 6.20 Å². The van der Waals surface area contributed by atoms with Crippen molar-refractivity contribution in [1.82, 2.24) is 15.1 Å². The lowest BCUT2D eigenvalue weighted by atomic mass is 9.84. The first-order valence-electron chi connectivity index (χ1n) is 8.07. The number of hydrogen-bond acceptors (Lipinski definition) is 4. The number of ether oxygens (including phenoxy) is 1. The highest BCUT2D eigenvalue weighted by Gasteiger charge is 2.22. The molecule has 1 aliphatic rings. The Morgan fingerprint density at radius 1 is 1.48 bits per heavy atom. The smallest absolute Gasteiger partial charge is 0.341 e. The molecular formula is C16H27N3O2. The summed E-state index contributed by atoms with van der Waals surface area (Å²) in [6.07, 6.45) is 7.98. The molecule has 118 valence electrons. The zero-order chi connectivity index (χ0) is 15.2. The van der Waals surface area contributed by atoms with Gasteiger partial charge in [0.25, 0.3) is 0 Å². The number of aryl methyl sites for hydroxylation is 1. The maximum Gasteiger partial charge on any atom is 0.341 e. The molecule has 0 saturated heterocycles. The van der Waals surface area contributed by atoms with E-state index >= 15 is 0 Å². The minimum Gasteiger partial charge on any atom is -0.462 e. The summed E-state index contributed by atoms with van der Waals surface area (Å²) in [5.74, 6) is 0.560. The summed E-state index contributed by atoms with van der Waals surface area (Å²) >= 11 is 0. The molecule has 21 heavy (non-hydrogen) atoms. The molecule has 5 heteroatoms. The van der Waals surface area contributed by atoms with Crippen LogP contribution in [0.4, 0.5) is 0 Å². The van der Waals surface area contributed by atoms with Crippen LogP contribution in [0.25, 0.3) is 0 Å². The van der Waals surface area contributed by atoms with Gasteiger partial charge >= 0.3 is 5.97 Å². The van der Waals surface area contributed by atoms with E-state index in [0.717, 1.165) is 11.6 Å². The van der Waals surface area contributed by atoms with E-state index in [1.807, 2.05) is 14.0 Å². The van der Waals surface area contributed by atoms with Gasteiger partial charge in [-0.2, -0.15) is 5.10 Å². The van der Waals surface area contributed by atoms with Gasteiger partial charge in [0, 0.05) is 19.6 Å². The van der Waals surface area contributed by atoms with Crippen molar-refractivity contribution in [3.63, 3.8) is 0 Å². The van der Waals surface area contributed by atoms with Gasteiger partial charge in [0.2, 0.25) is 0 Å². The number of carbonyl (C=O) groups excluding carboxylic acids is 1. The van der Waals surface area contributed by atoms with Crippen LogP contribution in [-0.4, -0.2) is 28.4 Å². The summed E-state index contributed by atoms with van der Waals surface area (Å²) in [7, 11) is 1.87. The van der Waals surface area contributed by atoms with Crippen LogP contribution >= 0.6 is 0 Å². The van der Waals surface area contributed by atoms with Gasteiger partial charge < -0.3 is 10.1 Å². The molecule has 2 atom stereocenters. The molecule has 1 fully saturated rings. The fourth-order valence-corrected chi connectivity index (χ4v) is 3.14. The van der Waals surface area contributed by atoms with Crippen LogP contribution < -0.4 is 5.32 Å². The Morgan fingerprint density at radius 2 is 2.29 bits per heavy atom. The Balaban J connectivity index is 1.96. The molecule has 1 aliphatic carbocycles. The molecule has 5 nitrogen and oxygen atoms in total. The van der Waals surface area contributed by atoms with Crippen molar-refractivity contribution in [3.05, 3.63) is 17.5 Å². The number of nitrogens with zero attached hydrogens (tertiary/aromatic N) is 2. The molecule has 1 aromatic rings. The summed E-state index contributed by atoms with van der Waals surface area (Å²) in [6, 6.07) is 0.550. The quantitative estimate of drug-likeness (QED) is 0.819. The van der Waals surface area contributed by atoms with Gasteiger partial charge in [-0.15, -0.1) is 0 Å². The van der Waals surface area contributed by atoms with Crippen LogP contribution in [0, 0.1) is 5.92 Å². The highest BCUT2D eigenvalue weighted by molar-refractivity contribution is 5.90. The van der Waals surface area contributed by atoms with Gasteiger partial charge in [-0.1, -0.05) is 26.2 Å². The Morgan fingerprint density at radius 3 is 3.00 bits per heavy atom. The minimum atomic E-state index is -0.280. The van der Waals surface area contributed by atoms with Crippen molar-refractivity contribution in [2.24, 2.45) is 13.0 Å². The first kappa shape index (κ1) is 16.0. The van der Waals surface area contributed by atoms with Gasteiger partial charge in [0.15, 0.2) is 0 Å². The molecular weight excluding hydrogens is 266 g/mol. The minimum absolute atomic E-state index is 0.280. The number of esters is 1. The van der Waals surface area contributed by atoms with Crippen molar-refractivity contribution in [2.45, 2.75) is 58.5 Å². The molecule has 0 radical (unpaired) electrons. The molecule has 1 aromatic heterocycles. The van der Waals surface area contributed by atoms with E-state index in [1.165, 1.54) is 32.1 Å². The summed E-state index contributed by atoms with van der Waals surface area (Å²) in [6.45, 7) is 5.15. The Kier molecular flexibility index (Phi) is 5.79. The first-order chi connectivity index (χ1) is 10.2. The van der Waals surface area contributed by atoms with Gasteiger partial charge in [0.05, 0.1) is 18.5 Å². The van der Waals surface area contributed by atoms with E-state index in [1.54, 1.807) is 10.9 Å². The predicted octanol–water partition coefficient (Wildman–Crippen LogP) is 2.66. The maximum atomic E-state index is 11.9. The molecule has 1 heterocycles.